The number of nitrogens with one attached hydrogen (secondary N) is 1. The topological polar surface area (TPSA) is 54.0 Å². The highest BCUT2D eigenvalue weighted by Gasteiger charge is 2.41. The van der Waals surface area contributed by atoms with Crippen LogP contribution in [0.3, 0.4) is 0 Å². The van der Waals surface area contributed by atoms with Crippen LogP contribution in [0.15, 0.2) is 0 Å². The molecule has 3 fully saturated rings. The van der Waals surface area contributed by atoms with Crippen LogP contribution in [0.25, 0.3) is 0 Å². The van der Waals surface area contributed by atoms with Gasteiger partial charge in [-0.05, 0) is 26.3 Å². The van der Waals surface area contributed by atoms with Crippen LogP contribution >= 0.6 is 0 Å². The van der Waals surface area contributed by atoms with E-state index in [1.807, 2.05) is 4.90 Å². The third-order valence-corrected chi connectivity index (χ3v) is 4.93. The minimum Gasteiger partial charge on any atom is -0.379 e. The second-order valence-corrected chi connectivity index (χ2v) is 6.12. The first-order valence-electron chi connectivity index (χ1n) is 7.59. The molecule has 0 bridgehead atoms. The molecule has 0 aromatic carbocycles. The summed E-state index contributed by atoms with van der Waals surface area (Å²) in [5.74, 6) is 0. The summed E-state index contributed by atoms with van der Waals surface area (Å²) in [6.07, 6.45) is 3.52. The van der Waals surface area contributed by atoms with Gasteiger partial charge in [-0.15, -0.1) is 0 Å². The Hall–Kier alpha value is -0.850. The van der Waals surface area contributed by atoms with Gasteiger partial charge in [0.05, 0.1) is 37.4 Å². The Morgan fingerprint density at radius 2 is 2.20 bits per heavy atom. The van der Waals surface area contributed by atoms with Crippen molar-refractivity contribution in [2.75, 3.05) is 40.4 Å². The van der Waals surface area contributed by atoms with Crippen LogP contribution in [-0.4, -0.2) is 80.5 Å². The van der Waals surface area contributed by atoms with Gasteiger partial charge in [-0.1, -0.05) is 0 Å². The number of rotatable bonds is 2. The molecule has 2 amide bonds. The van der Waals surface area contributed by atoms with Crippen LogP contribution < -0.4 is 5.32 Å². The van der Waals surface area contributed by atoms with Crippen molar-refractivity contribution >= 4 is 6.03 Å². The molecule has 4 atom stereocenters. The molecule has 1 saturated carbocycles. The summed E-state index contributed by atoms with van der Waals surface area (Å²) in [5, 5.41) is 3.13. The van der Waals surface area contributed by atoms with Crippen molar-refractivity contribution in [2.24, 2.45) is 0 Å². The summed E-state index contributed by atoms with van der Waals surface area (Å²) >= 11 is 0. The molecule has 6 heteroatoms. The Balaban J connectivity index is 1.56. The molecule has 0 aromatic rings. The minimum absolute atomic E-state index is 0.0327. The highest BCUT2D eigenvalue weighted by atomic mass is 16.5. The van der Waals surface area contributed by atoms with Gasteiger partial charge in [-0.3, -0.25) is 4.90 Å². The van der Waals surface area contributed by atoms with Gasteiger partial charge in [-0.25, -0.2) is 4.79 Å². The van der Waals surface area contributed by atoms with Gasteiger partial charge in [0.2, 0.25) is 0 Å². The van der Waals surface area contributed by atoms with E-state index in [9.17, 15) is 4.79 Å². The second kappa shape index (κ2) is 5.87. The lowest BCUT2D eigenvalue weighted by atomic mass is 10.1. The predicted octanol–water partition coefficient (Wildman–Crippen LogP) is 0.278. The maximum atomic E-state index is 12.4. The molecule has 2 heterocycles. The van der Waals surface area contributed by atoms with Crippen LogP contribution in [0.5, 0.6) is 0 Å². The first-order chi connectivity index (χ1) is 9.69. The van der Waals surface area contributed by atoms with E-state index in [0.29, 0.717) is 12.6 Å². The van der Waals surface area contributed by atoms with E-state index in [1.165, 1.54) is 0 Å². The molecule has 20 heavy (non-hydrogen) atoms. The van der Waals surface area contributed by atoms with Gasteiger partial charge in [0.25, 0.3) is 0 Å². The Labute approximate surface area is 120 Å². The smallest absolute Gasteiger partial charge is 0.317 e. The van der Waals surface area contributed by atoms with Gasteiger partial charge >= 0.3 is 6.03 Å². The van der Waals surface area contributed by atoms with E-state index in [-0.39, 0.29) is 24.3 Å². The minimum atomic E-state index is 0.0327. The highest BCUT2D eigenvalue weighted by molar-refractivity contribution is 5.75. The number of hydrogen-bond acceptors (Lipinski definition) is 4. The molecule has 1 aliphatic carbocycles. The van der Waals surface area contributed by atoms with Crippen molar-refractivity contribution in [3.05, 3.63) is 0 Å². The van der Waals surface area contributed by atoms with Crippen molar-refractivity contribution in [3.63, 3.8) is 0 Å². The van der Waals surface area contributed by atoms with E-state index in [0.717, 1.165) is 39.0 Å². The monoisotopic (exact) mass is 283 g/mol. The number of hydrogen-bond donors (Lipinski definition) is 1. The van der Waals surface area contributed by atoms with Crippen LogP contribution in [-0.2, 0) is 9.47 Å². The number of urea groups is 1. The zero-order valence-electron chi connectivity index (χ0n) is 12.4. The number of methoxy groups -OCH3 is 1. The van der Waals surface area contributed by atoms with Crippen molar-refractivity contribution in [2.45, 2.75) is 43.6 Å². The Morgan fingerprint density at radius 3 is 2.95 bits per heavy atom. The Kier molecular flexibility index (Phi) is 4.14. The number of morpholine rings is 1. The van der Waals surface area contributed by atoms with Crippen LogP contribution in [0, 0.1) is 0 Å². The average molecular weight is 283 g/mol. The third-order valence-electron chi connectivity index (χ3n) is 4.93. The third kappa shape index (κ3) is 2.64. The lowest BCUT2D eigenvalue weighted by Gasteiger charge is -2.33. The van der Waals surface area contributed by atoms with Crippen molar-refractivity contribution in [1.82, 2.24) is 15.1 Å². The largest absolute Gasteiger partial charge is 0.379 e. The molecule has 2 aliphatic heterocycles. The van der Waals surface area contributed by atoms with E-state index < -0.39 is 0 Å². The quantitative estimate of drug-likeness (QED) is 0.791. The number of amides is 2. The van der Waals surface area contributed by atoms with Gasteiger partial charge < -0.3 is 19.7 Å². The molecular weight excluding hydrogens is 258 g/mol. The summed E-state index contributed by atoms with van der Waals surface area (Å²) in [6.45, 7) is 3.18. The van der Waals surface area contributed by atoms with E-state index in [1.54, 1.807) is 7.11 Å². The molecule has 1 N–H and O–H groups in total. The molecule has 0 unspecified atom stereocenters. The van der Waals surface area contributed by atoms with Crippen LogP contribution in [0.1, 0.15) is 19.3 Å². The highest BCUT2D eigenvalue weighted by Crippen LogP contribution is 2.24. The van der Waals surface area contributed by atoms with Gasteiger partial charge in [-0.2, -0.15) is 0 Å². The second-order valence-electron chi connectivity index (χ2n) is 6.12. The van der Waals surface area contributed by atoms with Crippen molar-refractivity contribution in [3.8, 4) is 0 Å². The number of carbonyl (C=O) groups excluding carboxylic acids is 1. The molecule has 2 saturated heterocycles. The molecule has 3 rings (SSSR count). The number of carbonyl (C=O) groups is 1. The van der Waals surface area contributed by atoms with Gasteiger partial charge in [0, 0.05) is 20.2 Å². The molecule has 0 radical (unpaired) electrons. The summed E-state index contributed by atoms with van der Waals surface area (Å²) < 4.78 is 11.2. The molecular formula is C14H25N3O3. The predicted molar refractivity (Wildman–Crippen MR) is 74.7 cm³/mol. The van der Waals surface area contributed by atoms with Crippen LogP contribution in [0.2, 0.25) is 0 Å². The molecule has 0 spiro atoms. The average Bonchev–Trinajstić information content (AvgIpc) is 3.05. The van der Waals surface area contributed by atoms with E-state index in [4.69, 9.17) is 9.47 Å². The summed E-state index contributed by atoms with van der Waals surface area (Å²) in [5.41, 5.74) is 0. The maximum absolute atomic E-state index is 12.4. The van der Waals surface area contributed by atoms with Crippen LogP contribution in [0.4, 0.5) is 4.79 Å². The Bertz CT molecular complexity index is 366. The molecule has 6 nitrogen and oxygen atoms in total. The standard InChI is InChI=1S/C14H25N3O3/c1-16-6-7-20-13-9-17(8-11(13)16)14(18)15-10-4-3-5-12(10)19-2/h10-13H,3-9H2,1-2H3,(H,15,18)/t10-,11-,12-,13+/m1/s1. The van der Waals surface area contributed by atoms with Crippen molar-refractivity contribution in [1.29, 1.82) is 0 Å². The fraction of sp³-hybridized carbons (Fsp3) is 0.929. The van der Waals surface area contributed by atoms with Gasteiger partial charge in [0.1, 0.15) is 0 Å². The van der Waals surface area contributed by atoms with E-state index >= 15 is 0 Å². The number of nitrogens with zero attached hydrogens (tertiary/aromatic N) is 2. The first kappa shape index (κ1) is 14.1. The number of fused-ring (bicyclic) bond motifs is 1. The normalized spacial score (nSPS) is 38.0. The zero-order valence-corrected chi connectivity index (χ0v) is 12.4. The Morgan fingerprint density at radius 1 is 1.35 bits per heavy atom. The van der Waals surface area contributed by atoms with E-state index in [2.05, 4.69) is 17.3 Å². The molecule has 114 valence electrons. The van der Waals surface area contributed by atoms with Crippen molar-refractivity contribution < 1.29 is 14.3 Å². The number of ether oxygens (including phenoxy) is 2. The SMILES string of the molecule is CO[C@@H]1CCC[C@H]1NC(=O)N1C[C@@H]2OCCN(C)[C@@H]2C1. The van der Waals surface area contributed by atoms with Gasteiger partial charge in [0.15, 0.2) is 0 Å². The summed E-state index contributed by atoms with van der Waals surface area (Å²) in [4.78, 5) is 16.6. The first-order valence-corrected chi connectivity index (χ1v) is 7.59. The summed E-state index contributed by atoms with van der Waals surface area (Å²) in [6, 6.07) is 0.537. The fourth-order valence-electron chi connectivity index (χ4n) is 3.65. The number of likely N-dealkylation sites (tertiary alicyclic amines) is 1. The fourth-order valence-corrected chi connectivity index (χ4v) is 3.65. The summed E-state index contributed by atoms with van der Waals surface area (Å²) in [7, 11) is 3.84. The maximum Gasteiger partial charge on any atom is 0.317 e. The lowest BCUT2D eigenvalue weighted by Crippen LogP contribution is -2.49. The molecule has 3 aliphatic rings. The zero-order chi connectivity index (χ0) is 14.1. The molecule has 0 aromatic heterocycles. The number of likely N-dealkylation sites (N-methyl/N-ethyl adjacent to an activating group) is 1. The lowest BCUT2D eigenvalue weighted by molar-refractivity contribution is -0.0367.